The van der Waals surface area contributed by atoms with Gasteiger partial charge in [0.05, 0.1) is 20.8 Å². The van der Waals surface area contributed by atoms with Crippen LogP contribution in [0.25, 0.3) is 0 Å². The summed E-state index contributed by atoms with van der Waals surface area (Å²) in [6.07, 6.45) is 2.23. The van der Waals surface area contributed by atoms with E-state index in [9.17, 15) is 4.79 Å². The summed E-state index contributed by atoms with van der Waals surface area (Å²) in [6, 6.07) is 5.41. The molecule has 1 aromatic carbocycles. The highest BCUT2D eigenvalue weighted by Crippen LogP contribution is 2.21. The van der Waals surface area contributed by atoms with Crippen molar-refractivity contribution < 1.29 is 14.3 Å². The molecule has 6 heteroatoms. The van der Waals surface area contributed by atoms with Gasteiger partial charge in [-0.2, -0.15) is 0 Å². The highest BCUT2D eigenvalue weighted by atomic mass is 16.5. The molecule has 0 radical (unpaired) electrons. The number of ether oxygens (including phenoxy) is 2. The molecule has 0 unspecified atom stereocenters. The number of unbranched alkanes of at least 4 members (excludes halogenated alkanes) is 1. The van der Waals surface area contributed by atoms with Crippen LogP contribution in [0.4, 0.5) is 0 Å². The molecule has 0 saturated heterocycles. The average molecular weight is 321 g/mol. The van der Waals surface area contributed by atoms with E-state index in [0.29, 0.717) is 17.9 Å². The summed E-state index contributed by atoms with van der Waals surface area (Å²) in [6.45, 7) is 6.33. The molecule has 0 aliphatic heterocycles. The van der Waals surface area contributed by atoms with Crippen molar-refractivity contribution in [2.75, 3.05) is 27.3 Å². The zero-order chi connectivity index (χ0) is 17.1. The van der Waals surface area contributed by atoms with Gasteiger partial charge in [-0.25, -0.2) is 9.79 Å². The number of carbonyl (C=O) groups excluding carboxylic acids is 1. The molecular weight excluding hydrogens is 294 g/mol. The van der Waals surface area contributed by atoms with Crippen LogP contribution in [0.2, 0.25) is 0 Å². The van der Waals surface area contributed by atoms with Gasteiger partial charge >= 0.3 is 5.97 Å². The summed E-state index contributed by atoms with van der Waals surface area (Å²) in [5.74, 6) is 0.856. The molecule has 0 spiro atoms. The van der Waals surface area contributed by atoms with Gasteiger partial charge in [0.25, 0.3) is 0 Å². The van der Waals surface area contributed by atoms with E-state index in [1.54, 1.807) is 12.1 Å². The predicted octanol–water partition coefficient (Wildman–Crippen LogP) is 2.34. The molecule has 0 atom stereocenters. The maximum atomic E-state index is 11.8. The summed E-state index contributed by atoms with van der Waals surface area (Å²) in [5, 5.41) is 6.49. The van der Waals surface area contributed by atoms with Crippen molar-refractivity contribution in [2.45, 2.75) is 33.2 Å². The third-order valence-electron chi connectivity index (χ3n) is 3.26. The van der Waals surface area contributed by atoms with Crippen molar-refractivity contribution in [3.63, 3.8) is 0 Å². The highest BCUT2D eigenvalue weighted by Gasteiger charge is 2.13. The average Bonchev–Trinajstić information content (AvgIpc) is 2.58. The lowest BCUT2D eigenvalue weighted by Crippen LogP contribution is -2.37. The Hall–Kier alpha value is -2.24. The van der Waals surface area contributed by atoms with Crippen molar-refractivity contribution in [1.29, 1.82) is 0 Å². The standard InChI is InChI=1S/C17H27N3O3/c1-5-7-10-19-17(18-6-2)20-12-13-8-9-15(22-3)14(11-13)16(21)23-4/h8-9,11H,5-7,10,12H2,1-4H3,(H2,18,19,20). The summed E-state index contributed by atoms with van der Waals surface area (Å²) >= 11 is 0. The van der Waals surface area contributed by atoms with Gasteiger partial charge < -0.3 is 20.1 Å². The molecule has 1 aromatic rings. The van der Waals surface area contributed by atoms with Crippen LogP contribution in [0, 0.1) is 0 Å². The monoisotopic (exact) mass is 321 g/mol. The Morgan fingerprint density at radius 1 is 1.22 bits per heavy atom. The number of esters is 1. The summed E-state index contributed by atoms with van der Waals surface area (Å²) in [5.41, 5.74) is 1.32. The summed E-state index contributed by atoms with van der Waals surface area (Å²) < 4.78 is 9.98. The van der Waals surface area contributed by atoms with Crippen LogP contribution in [0.1, 0.15) is 42.6 Å². The van der Waals surface area contributed by atoms with Crippen LogP contribution in [0.15, 0.2) is 23.2 Å². The first kappa shape index (κ1) is 18.8. The van der Waals surface area contributed by atoms with Gasteiger partial charge in [-0.3, -0.25) is 0 Å². The second kappa shape index (κ2) is 10.5. The summed E-state index contributed by atoms with van der Waals surface area (Å²) in [4.78, 5) is 16.3. The molecule has 6 nitrogen and oxygen atoms in total. The number of rotatable bonds is 8. The molecule has 0 aliphatic carbocycles. The molecule has 0 heterocycles. The number of methoxy groups -OCH3 is 2. The van der Waals surface area contributed by atoms with Gasteiger partial charge in [0.2, 0.25) is 0 Å². The van der Waals surface area contributed by atoms with Crippen LogP contribution in [-0.2, 0) is 11.3 Å². The maximum absolute atomic E-state index is 11.8. The lowest BCUT2D eigenvalue weighted by atomic mass is 10.1. The smallest absolute Gasteiger partial charge is 0.341 e. The minimum atomic E-state index is -0.416. The van der Waals surface area contributed by atoms with E-state index >= 15 is 0 Å². The van der Waals surface area contributed by atoms with E-state index in [2.05, 4.69) is 22.5 Å². The minimum Gasteiger partial charge on any atom is -0.496 e. The Bertz CT molecular complexity index is 530. The van der Waals surface area contributed by atoms with Crippen molar-refractivity contribution >= 4 is 11.9 Å². The van der Waals surface area contributed by atoms with Gasteiger partial charge in [-0.15, -0.1) is 0 Å². The fourth-order valence-electron chi connectivity index (χ4n) is 2.02. The lowest BCUT2D eigenvalue weighted by molar-refractivity contribution is 0.0597. The fourth-order valence-corrected chi connectivity index (χ4v) is 2.02. The SMILES string of the molecule is CCCCNC(=NCc1ccc(OC)c(C(=O)OC)c1)NCC. The van der Waals surface area contributed by atoms with E-state index in [0.717, 1.165) is 37.5 Å². The molecule has 0 aromatic heterocycles. The van der Waals surface area contributed by atoms with Crippen molar-refractivity contribution in [3.8, 4) is 5.75 Å². The molecule has 0 aliphatic rings. The highest BCUT2D eigenvalue weighted by molar-refractivity contribution is 5.92. The molecule has 0 fully saturated rings. The van der Waals surface area contributed by atoms with Crippen LogP contribution in [-0.4, -0.2) is 39.2 Å². The zero-order valence-electron chi connectivity index (χ0n) is 14.4. The van der Waals surface area contributed by atoms with E-state index in [1.807, 2.05) is 13.0 Å². The normalized spacial score (nSPS) is 11.0. The van der Waals surface area contributed by atoms with Gasteiger partial charge in [0.15, 0.2) is 5.96 Å². The van der Waals surface area contributed by atoms with Gasteiger partial charge in [-0.05, 0) is 31.0 Å². The Kier molecular flexibility index (Phi) is 8.57. The van der Waals surface area contributed by atoms with Crippen molar-refractivity contribution in [1.82, 2.24) is 10.6 Å². The Labute approximate surface area is 138 Å². The number of benzene rings is 1. The molecular formula is C17H27N3O3. The third-order valence-corrected chi connectivity index (χ3v) is 3.26. The first-order valence-electron chi connectivity index (χ1n) is 7.93. The van der Waals surface area contributed by atoms with Crippen molar-refractivity contribution in [2.24, 2.45) is 4.99 Å². The van der Waals surface area contributed by atoms with E-state index in [1.165, 1.54) is 14.2 Å². The topological polar surface area (TPSA) is 72.0 Å². The second-order valence-corrected chi connectivity index (χ2v) is 5.00. The Morgan fingerprint density at radius 2 is 2.00 bits per heavy atom. The molecule has 128 valence electrons. The van der Waals surface area contributed by atoms with E-state index in [-0.39, 0.29) is 0 Å². The Morgan fingerprint density at radius 3 is 2.61 bits per heavy atom. The number of guanidine groups is 1. The fraction of sp³-hybridized carbons (Fsp3) is 0.529. The number of hydrogen-bond donors (Lipinski definition) is 2. The quantitative estimate of drug-likeness (QED) is 0.333. The molecule has 0 amide bonds. The summed E-state index contributed by atoms with van der Waals surface area (Å²) in [7, 11) is 2.88. The van der Waals surface area contributed by atoms with Crippen LogP contribution >= 0.6 is 0 Å². The molecule has 1 rings (SSSR count). The second-order valence-electron chi connectivity index (χ2n) is 5.00. The van der Waals surface area contributed by atoms with E-state index < -0.39 is 5.97 Å². The minimum absolute atomic E-state index is 0.409. The van der Waals surface area contributed by atoms with E-state index in [4.69, 9.17) is 9.47 Å². The van der Waals surface area contributed by atoms with Gasteiger partial charge in [0.1, 0.15) is 11.3 Å². The number of hydrogen-bond acceptors (Lipinski definition) is 4. The first-order valence-corrected chi connectivity index (χ1v) is 7.93. The van der Waals surface area contributed by atoms with Crippen LogP contribution < -0.4 is 15.4 Å². The first-order chi connectivity index (χ1) is 11.2. The van der Waals surface area contributed by atoms with Gasteiger partial charge in [0, 0.05) is 13.1 Å². The van der Waals surface area contributed by atoms with Gasteiger partial charge in [-0.1, -0.05) is 19.4 Å². The third kappa shape index (κ3) is 6.18. The number of aliphatic imine (C=N–C) groups is 1. The molecule has 2 N–H and O–H groups in total. The largest absolute Gasteiger partial charge is 0.496 e. The maximum Gasteiger partial charge on any atom is 0.341 e. The zero-order valence-corrected chi connectivity index (χ0v) is 14.4. The van der Waals surface area contributed by atoms with Crippen molar-refractivity contribution in [3.05, 3.63) is 29.3 Å². The van der Waals surface area contributed by atoms with Crippen LogP contribution in [0.5, 0.6) is 5.75 Å². The molecule has 0 bridgehead atoms. The number of nitrogens with one attached hydrogen (secondary N) is 2. The predicted molar refractivity (Wildman–Crippen MR) is 92.1 cm³/mol. The molecule has 0 saturated carbocycles. The molecule has 23 heavy (non-hydrogen) atoms. The van der Waals surface area contributed by atoms with Crippen LogP contribution in [0.3, 0.4) is 0 Å². The Balaban J connectivity index is 2.84. The lowest BCUT2D eigenvalue weighted by Gasteiger charge is -2.11. The number of nitrogens with zero attached hydrogens (tertiary/aromatic N) is 1. The number of carbonyl (C=O) groups is 1.